The zero-order chi connectivity index (χ0) is 23.2. The zero-order valence-corrected chi connectivity index (χ0v) is 18.9. The lowest BCUT2D eigenvalue weighted by atomic mass is 9.71. The molecule has 6 rings (SSSR count). The van der Waals surface area contributed by atoms with E-state index in [1.165, 1.54) is 12.7 Å². The van der Waals surface area contributed by atoms with Crippen molar-refractivity contribution in [3.8, 4) is 11.5 Å². The number of nitrogens with one attached hydrogen (secondary N) is 1. The van der Waals surface area contributed by atoms with Crippen LogP contribution in [0.1, 0.15) is 41.5 Å². The minimum absolute atomic E-state index is 0.0850. The molecular weight excluding hydrogens is 422 g/mol. The standard InChI is InChI=1S/C30H25NO3/c1-34-27-17-20(12-14-25(27)32)30-29-23(15-21(16-26(29)33)18-7-3-2-4-8-18)28-22-10-6-5-9-19(22)11-13-24(28)31-30/h2-14,17,21,30-32H,15-16H2,1H3/t21-,30-/m1/s1. The first kappa shape index (κ1) is 20.5. The van der Waals surface area contributed by atoms with Crippen molar-refractivity contribution >= 4 is 27.8 Å². The third-order valence-electron chi connectivity index (χ3n) is 7.14. The first-order chi connectivity index (χ1) is 16.6. The third-order valence-corrected chi connectivity index (χ3v) is 7.14. The maximum Gasteiger partial charge on any atom is 0.162 e. The van der Waals surface area contributed by atoms with E-state index in [1.54, 1.807) is 6.07 Å². The van der Waals surface area contributed by atoms with Crippen LogP contribution in [0.2, 0.25) is 0 Å². The molecule has 168 valence electrons. The lowest BCUT2D eigenvalue weighted by Gasteiger charge is -2.37. The van der Waals surface area contributed by atoms with Crippen LogP contribution in [0.4, 0.5) is 5.69 Å². The van der Waals surface area contributed by atoms with E-state index in [2.05, 4.69) is 47.8 Å². The molecule has 4 aromatic rings. The number of ketones is 1. The quantitative estimate of drug-likeness (QED) is 0.370. The normalized spacial score (nSPS) is 19.4. The number of phenolic OH excluding ortho intramolecular Hbond substituents is 1. The number of rotatable bonds is 3. The van der Waals surface area contributed by atoms with Crippen LogP contribution in [0.3, 0.4) is 0 Å². The van der Waals surface area contributed by atoms with Gasteiger partial charge in [-0.25, -0.2) is 0 Å². The van der Waals surface area contributed by atoms with Crippen molar-refractivity contribution in [1.29, 1.82) is 0 Å². The summed E-state index contributed by atoms with van der Waals surface area (Å²) in [5, 5.41) is 16.1. The molecule has 1 aliphatic heterocycles. The summed E-state index contributed by atoms with van der Waals surface area (Å²) in [7, 11) is 1.54. The predicted molar refractivity (Wildman–Crippen MR) is 135 cm³/mol. The van der Waals surface area contributed by atoms with Crippen LogP contribution in [-0.2, 0) is 4.79 Å². The highest BCUT2D eigenvalue weighted by Crippen LogP contribution is 2.51. The fraction of sp³-hybridized carbons (Fsp3) is 0.167. The molecule has 0 radical (unpaired) electrons. The molecule has 2 atom stereocenters. The molecule has 1 aliphatic carbocycles. The number of ether oxygens (including phenoxy) is 1. The van der Waals surface area contributed by atoms with Crippen molar-refractivity contribution in [2.75, 3.05) is 12.4 Å². The third kappa shape index (κ3) is 3.26. The van der Waals surface area contributed by atoms with E-state index in [9.17, 15) is 9.90 Å². The summed E-state index contributed by atoms with van der Waals surface area (Å²) in [5.74, 6) is 0.795. The molecular formula is C30H25NO3. The van der Waals surface area contributed by atoms with Crippen molar-refractivity contribution in [1.82, 2.24) is 0 Å². The Hall–Kier alpha value is -4.05. The summed E-state index contributed by atoms with van der Waals surface area (Å²) in [6, 6.07) is 28.0. The largest absolute Gasteiger partial charge is 0.504 e. The molecule has 0 saturated carbocycles. The van der Waals surface area contributed by atoms with Gasteiger partial charge in [0.2, 0.25) is 0 Å². The smallest absolute Gasteiger partial charge is 0.162 e. The maximum absolute atomic E-state index is 13.8. The topological polar surface area (TPSA) is 58.6 Å². The predicted octanol–water partition coefficient (Wildman–Crippen LogP) is 6.62. The number of benzene rings is 4. The van der Waals surface area contributed by atoms with Crippen molar-refractivity contribution in [3.63, 3.8) is 0 Å². The first-order valence-corrected chi connectivity index (χ1v) is 11.6. The second-order valence-electron chi connectivity index (χ2n) is 9.05. The minimum atomic E-state index is -0.303. The first-order valence-electron chi connectivity index (χ1n) is 11.6. The second kappa shape index (κ2) is 8.07. The average Bonchev–Trinajstić information content (AvgIpc) is 2.88. The highest BCUT2D eigenvalue weighted by atomic mass is 16.5. The number of methoxy groups -OCH3 is 1. The highest BCUT2D eigenvalue weighted by Gasteiger charge is 2.38. The number of fused-ring (bicyclic) bond motifs is 4. The van der Waals surface area contributed by atoms with Crippen LogP contribution in [0, 0.1) is 0 Å². The molecule has 4 aromatic carbocycles. The molecule has 4 heteroatoms. The number of carbonyl (C=O) groups is 1. The van der Waals surface area contributed by atoms with Crippen molar-refractivity contribution in [3.05, 3.63) is 107 Å². The Balaban J connectivity index is 1.57. The van der Waals surface area contributed by atoms with Gasteiger partial charge in [-0.3, -0.25) is 4.79 Å². The fourth-order valence-electron chi connectivity index (χ4n) is 5.53. The van der Waals surface area contributed by atoms with Crippen LogP contribution < -0.4 is 10.1 Å². The molecule has 0 aromatic heterocycles. The number of phenols is 1. The van der Waals surface area contributed by atoms with E-state index in [-0.39, 0.29) is 23.5 Å². The number of hydrogen-bond donors (Lipinski definition) is 2. The van der Waals surface area contributed by atoms with E-state index in [4.69, 9.17) is 4.74 Å². The number of allylic oxidation sites excluding steroid dienone is 1. The summed E-state index contributed by atoms with van der Waals surface area (Å²) in [6.45, 7) is 0. The Morgan fingerprint density at radius 2 is 1.68 bits per heavy atom. The molecule has 0 amide bonds. The molecule has 0 spiro atoms. The van der Waals surface area contributed by atoms with E-state index in [1.807, 2.05) is 36.4 Å². The average molecular weight is 448 g/mol. The number of hydrogen-bond acceptors (Lipinski definition) is 4. The van der Waals surface area contributed by atoms with Gasteiger partial charge in [-0.05, 0) is 58.0 Å². The summed E-state index contributed by atoms with van der Waals surface area (Å²) in [4.78, 5) is 13.8. The Bertz CT molecular complexity index is 1450. The SMILES string of the molecule is COc1cc([C@H]2Nc3ccc4ccccc4c3C3=C2C(=O)C[C@H](c2ccccc2)C3)ccc1O. The van der Waals surface area contributed by atoms with E-state index in [0.717, 1.165) is 45.2 Å². The van der Waals surface area contributed by atoms with Crippen molar-refractivity contribution < 1.29 is 14.6 Å². The van der Waals surface area contributed by atoms with E-state index in [0.29, 0.717) is 12.2 Å². The van der Waals surface area contributed by atoms with Gasteiger partial charge in [0, 0.05) is 23.2 Å². The van der Waals surface area contributed by atoms with Crippen LogP contribution in [0.15, 0.2) is 90.5 Å². The van der Waals surface area contributed by atoms with Crippen LogP contribution in [0.5, 0.6) is 11.5 Å². The second-order valence-corrected chi connectivity index (χ2v) is 9.05. The molecule has 0 bridgehead atoms. The van der Waals surface area contributed by atoms with Crippen molar-refractivity contribution in [2.24, 2.45) is 0 Å². The molecule has 2 N–H and O–H groups in total. The molecule has 0 unspecified atom stereocenters. The van der Waals surface area contributed by atoms with Crippen LogP contribution >= 0.6 is 0 Å². The number of anilines is 1. The van der Waals surface area contributed by atoms with Gasteiger partial charge in [0.25, 0.3) is 0 Å². The molecule has 2 aliphatic rings. The summed E-state index contributed by atoms with van der Waals surface area (Å²) >= 11 is 0. The van der Waals surface area contributed by atoms with E-state index < -0.39 is 0 Å². The van der Waals surface area contributed by atoms with Gasteiger partial charge in [-0.1, -0.05) is 66.7 Å². The summed E-state index contributed by atoms with van der Waals surface area (Å²) < 4.78 is 5.36. The molecule has 0 fully saturated rings. The van der Waals surface area contributed by atoms with Crippen molar-refractivity contribution in [2.45, 2.75) is 24.8 Å². The maximum atomic E-state index is 13.8. The van der Waals surface area contributed by atoms with E-state index >= 15 is 0 Å². The van der Waals surface area contributed by atoms with Crippen LogP contribution in [-0.4, -0.2) is 18.0 Å². The minimum Gasteiger partial charge on any atom is -0.504 e. The lowest BCUT2D eigenvalue weighted by molar-refractivity contribution is -0.116. The van der Waals surface area contributed by atoms with Gasteiger partial charge < -0.3 is 15.2 Å². The lowest BCUT2D eigenvalue weighted by Crippen LogP contribution is -2.29. The van der Waals surface area contributed by atoms with Gasteiger partial charge in [-0.15, -0.1) is 0 Å². The molecule has 4 nitrogen and oxygen atoms in total. The highest BCUT2D eigenvalue weighted by molar-refractivity contribution is 6.13. The monoisotopic (exact) mass is 447 g/mol. The number of aromatic hydroxyl groups is 1. The fourth-order valence-corrected chi connectivity index (χ4v) is 5.53. The molecule has 34 heavy (non-hydrogen) atoms. The van der Waals surface area contributed by atoms with Gasteiger partial charge in [0.1, 0.15) is 0 Å². The Labute approximate surface area is 198 Å². The zero-order valence-electron chi connectivity index (χ0n) is 18.9. The number of carbonyl (C=O) groups excluding carboxylic acids is 1. The Morgan fingerprint density at radius 3 is 2.50 bits per heavy atom. The Morgan fingerprint density at radius 1 is 0.882 bits per heavy atom. The molecule has 1 heterocycles. The van der Waals surface area contributed by atoms with Gasteiger partial charge >= 0.3 is 0 Å². The van der Waals surface area contributed by atoms with Gasteiger partial charge in [0.05, 0.1) is 13.2 Å². The summed E-state index contributed by atoms with van der Waals surface area (Å²) in [6.07, 6.45) is 1.29. The summed E-state index contributed by atoms with van der Waals surface area (Å²) in [5.41, 5.74) is 6.19. The Kier molecular flexibility index (Phi) is 4.88. The number of Topliss-reactive ketones (excluding diaryl/α,β-unsaturated/α-hetero) is 1. The van der Waals surface area contributed by atoms with Crippen LogP contribution in [0.25, 0.3) is 16.3 Å². The van der Waals surface area contributed by atoms with Gasteiger partial charge in [-0.2, -0.15) is 0 Å². The molecule has 0 saturated heterocycles. The van der Waals surface area contributed by atoms with Gasteiger partial charge in [0.15, 0.2) is 17.3 Å².